The van der Waals surface area contributed by atoms with E-state index in [2.05, 4.69) is 10.9 Å². The van der Waals surface area contributed by atoms with E-state index in [0.29, 0.717) is 0 Å². The fraction of sp³-hybridized carbons (Fsp3) is 0. The minimum Gasteiger partial charge on any atom is -0.323 e. The quantitative estimate of drug-likeness (QED) is 0.246. The van der Waals surface area contributed by atoms with Crippen molar-refractivity contribution in [3.05, 3.63) is 0 Å². The molecule has 0 fully saturated rings. The van der Waals surface area contributed by atoms with Crippen molar-refractivity contribution < 1.29 is 0 Å². The van der Waals surface area contributed by atoms with Gasteiger partial charge in [-0.15, -0.1) is 0 Å². The Morgan fingerprint density at radius 2 is 2.40 bits per heavy atom. The predicted molar refractivity (Wildman–Crippen MR) is 21.5 cm³/mol. The summed E-state index contributed by atoms with van der Waals surface area (Å²) in [6, 6.07) is 0. The van der Waals surface area contributed by atoms with Gasteiger partial charge in [0.2, 0.25) is 0 Å². The first kappa shape index (κ1) is 4.14. The van der Waals surface area contributed by atoms with Gasteiger partial charge in [-0.2, -0.15) is 5.10 Å². The molecule has 3 N–H and O–H groups in total. The van der Waals surface area contributed by atoms with E-state index < -0.39 is 0 Å². The molecular weight excluding hydrogens is 66.0 g/mol. The molecule has 0 heterocycles. The predicted octanol–water partition coefficient (Wildman–Crippen LogP) is -0.420. The van der Waals surface area contributed by atoms with Gasteiger partial charge < -0.3 is 11.3 Å². The zero-order valence-corrected chi connectivity index (χ0v) is 2.68. The normalized spacial score (nSPS) is 8.80. The fourth-order valence-electron chi connectivity index (χ4n) is 0.0430. The Morgan fingerprint density at radius 1 is 1.80 bits per heavy atom. The molecule has 0 aliphatic carbocycles. The molecule has 28 valence electrons. The maximum Gasteiger partial charge on any atom is 0.0641 e. The average Bonchev–Trinajstić information content (AvgIpc) is 1.41. The van der Waals surface area contributed by atoms with Gasteiger partial charge in [0.05, 0.1) is 6.21 Å². The largest absolute Gasteiger partial charge is 0.323 e. The Kier molecular flexibility index (Phi) is 2.60. The second-order valence-electron chi connectivity index (χ2n) is 0.465. The van der Waals surface area contributed by atoms with E-state index in [9.17, 15) is 0 Å². The Hall–Kier alpha value is -0.860. The van der Waals surface area contributed by atoms with Crippen LogP contribution in [0.5, 0.6) is 0 Å². The number of nitrogens with zero attached hydrogens (tertiary/aromatic N) is 1. The van der Waals surface area contributed by atoms with Crippen LogP contribution in [0.3, 0.4) is 0 Å². The van der Waals surface area contributed by atoms with E-state index in [-0.39, 0.29) is 0 Å². The van der Waals surface area contributed by atoms with Crippen LogP contribution < -0.4 is 5.84 Å². The van der Waals surface area contributed by atoms with Crippen LogP contribution in [0.15, 0.2) is 5.10 Å². The number of hydrogen-bond donors (Lipinski definition) is 2. The summed E-state index contributed by atoms with van der Waals surface area (Å²) in [4.78, 5) is 0. The van der Waals surface area contributed by atoms with Crippen LogP contribution in [0.2, 0.25) is 0 Å². The first-order valence-electron chi connectivity index (χ1n) is 1.14. The molecule has 5 heavy (non-hydrogen) atoms. The third kappa shape index (κ3) is 3.14. The summed E-state index contributed by atoms with van der Waals surface area (Å²) in [5, 5.41) is 9.23. The van der Waals surface area contributed by atoms with Crippen molar-refractivity contribution in [1.82, 2.24) is 0 Å². The van der Waals surface area contributed by atoms with Crippen LogP contribution >= 0.6 is 0 Å². The van der Waals surface area contributed by atoms with E-state index in [1.54, 1.807) is 0 Å². The SMILES string of the molecule is N=CC=NN. The van der Waals surface area contributed by atoms with E-state index in [0.717, 1.165) is 6.21 Å². The van der Waals surface area contributed by atoms with Gasteiger partial charge in [0, 0.05) is 6.21 Å². The second kappa shape index (κ2) is 3.14. The molecule has 3 nitrogen and oxygen atoms in total. The maximum atomic E-state index is 6.25. The van der Waals surface area contributed by atoms with Gasteiger partial charge in [0.25, 0.3) is 0 Å². The van der Waals surface area contributed by atoms with Crippen molar-refractivity contribution in [3.63, 3.8) is 0 Å². The average molecular weight is 71.1 g/mol. The van der Waals surface area contributed by atoms with Crippen LogP contribution in [0.25, 0.3) is 0 Å². The molecular formula is C2H5N3. The highest BCUT2D eigenvalue weighted by atomic mass is 15.1. The minimum atomic E-state index is 1.01. The molecule has 0 saturated heterocycles. The molecule has 0 aliphatic rings. The number of nitrogens with two attached hydrogens (primary N) is 1. The maximum absolute atomic E-state index is 6.25. The molecule has 0 aromatic heterocycles. The molecule has 0 unspecified atom stereocenters. The van der Waals surface area contributed by atoms with Gasteiger partial charge in [-0.3, -0.25) is 0 Å². The third-order valence-corrected chi connectivity index (χ3v) is 0.161. The van der Waals surface area contributed by atoms with Crippen LogP contribution in [-0.2, 0) is 0 Å². The highest BCUT2D eigenvalue weighted by Crippen LogP contribution is 1.30. The molecule has 0 radical (unpaired) electrons. The van der Waals surface area contributed by atoms with Crippen LogP contribution in [-0.4, -0.2) is 12.4 Å². The number of hydrazone groups is 1. The van der Waals surface area contributed by atoms with Gasteiger partial charge in [0.1, 0.15) is 0 Å². The number of hydrogen-bond acceptors (Lipinski definition) is 3. The minimum absolute atomic E-state index is 1.01. The highest BCUT2D eigenvalue weighted by Gasteiger charge is 1.44. The second-order valence-corrected chi connectivity index (χ2v) is 0.465. The Morgan fingerprint density at radius 3 is 2.40 bits per heavy atom. The van der Waals surface area contributed by atoms with Crippen LogP contribution in [0.4, 0.5) is 0 Å². The summed E-state index contributed by atoms with van der Waals surface area (Å²) < 4.78 is 0. The van der Waals surface area contributed by atoms with Gasteiger partial charge in [-0.1, -0.05) is 0 Å². The molecule has 0 aromatic carbocycles. The molecule has 3 heteroatoms. The molecule has 0 saturated carbocycles. The standard InChI is InChI=1S/C2H5N3/c3-1-2-5-4/h1-3H,4H2. The Balaban J connectivity index is 2.92. The van der Waals surface area contributed by atoms with Gasteiger partial charge in [0.15, 0.2) is 0 Å². The summed E-state index contributed by atoms with van der Waals surface area (Å²) in [6.45, 7) is 0. The molecule has 0 rings (SSSR count). The van der Waals surface area contributed by atoms with Crippen molar-refractivity contribution in [2.75, 3.05) is 0 Å². The van der Waals surface area contributed by atoms with Crippen LogP contribution in [0.1, 0.15) is 0 Å². The van der Waals surface area contributed by atoms with Crippen molar-refractivity contribution in [3.8, 4) is 0 Å². The smallest absolute Gasteiger partial charge is 0.0641 e. The zero-order chi connectivity index (χ0) is 4.12. The van der Waals surface area contributed by atoms with Crippen LogP contribution in [0, 0.1) is 5.41 Å². The summed E-state index contributed by atoms with van der Waals surface area (Å²) in [6.07, 6.45) is 2.21. The molecule has 0 bridgehead atoms. The first-order chi connectivity index (χ1) is 2.41. The summed E-state index contributed by atoms with van der Waals surface area (Å²) >= 11 is 0. The number of nitrogens with one attached hydrogen (secondary N) is 1. The zero-order valence-electron chi connectivity index (χ0n) is 2.68. The van der Waals surface area contributed by atoms with Gasteiger partial charge >= 0.3 is 0 Å². The van der Waals surface area contributed by atoms with Crippen molar-refractivity contribution >= 4 is 12.4 Å². The lowest BCUT2D eigenvalue weighted by Crippen LogP contribution is -1.80. The topological polar surface area (TPSA) is 62.2 Å². The molecule has 0 atom stereocenters. The van der Waals surface area contributed by atoms with Crippen molar-refractivity contribution in [2.24, 2.45) is 10.9 Å². The monoisotopic (exact) mass is 71.0 g/mol. The third-order valence-electron chi connectivity index (χ3n) is 0.161. The van der Waals surface area contributed by atoms with E-state index in [4.69, 9.17) is 5.41 Å². The van der Waals surface area contributed by atoms with Crippen molar-refractivity contribution in [2.45, 2.75) is 0 Å². The van der Waals surface area contributed by atoms with Crippen molar-refractivity contribution in [1.29, 1.82) is 5.41 Å². The highest BCUT2D eigenvalue weighted by molar-refractivity contribution is 6.14. The summed E-state index contributed by atoms with van der Waals surface area (Å²) in [5.41, 5.74) is 0. The molecule has 0 aliphatic heterocycles. The molecule has 0 amide bonds. The summed E-state index contributed by atoms with van der Waals surface area (Å²) in [7, 11) is 0. The number of rotatable bonds is 1. The van der Waals surface area contributed by atoms with Gasteiger partial charge in [-0.25, -0.2) is 0 Å². The Labute approximate surface area is 30.0 Å². The fourth-order valence-corrected chi connectivity index (χ4v) is 0.0430. The van der Waals surface area contributed by atoms with E-state index in [1.807, 2.05) is 0 Å². The lowest BCUT2D eigenvalue weighted by molar-refractivity contribution is 1.27. The lowest BCUT2D eigenvalue weighted by Gasteiger charge is -1.58. The van der Waals surface area contributed by atoms with E-state index in [1.165, 1.54) is 6.21 Å². The lowest BCUT2D eigenvalue weighted by atomic mass is 10.8. The molecule has 0 aromatic rings. The first-order valence-corrected chi connectivity index (χ1v) is 1.14. The van der Waals surface area contributed by atoms with Gasteiger partial charge in [-0.05, 0) is 0 Å². The molecule has 0 spiro atoms. The Bertz CT molecular complexity index is 46.9. The summed E-state index contributed by atoms with van der Waals surface area (Å²) in [5.74, 6) is 4.56. The van der Waals surface area contributed by atoms with E-state index >= 15 is 0 Å².